The number of thioether (sulfide) groups is 1. The van der Waals surface area contributed by atoms with Crippen molar-refractivity contribution in [2.75, 3.05) is 38.3 Å². The van der Waals surface area contributed by atoms with Gasteiger partial charge < -0.3 is 9.64 Å². The molecule has 1 aromatic heterocycles. The van der Waals surface area contributed by atoms with Crippen molar-refractivity contribution in [1.82, 2.24) is 9.47 Å². The molecule has 7 nitrogen and oxygen atoms in total. The molecule has 178 valence electrons. The first kappa shape index (κ1) is 25.5. The SMILES string of the molecule is CCn1c(N2CC(C)CC(C)C2)c(/C=C2\SC(=S)N(CCCOC)C2=O)c(C)c(C#N)c1=O. The number of piperidine rings is 1. The van der Waals surface area contributed by atoms with Gasteiger partial charge in [0.25, 0.3) is 11.5 Å². The van der Waals surface area contributed by atoms with Crippen molar-refractivity contribution in [2.45, 2.75) is 47.1 Å². The summed E-state index contributed by atoms with van der Waals surface area (Å²) < 4.78 is 7.30. The average Bonchev–Trinajstić information content (AvgIpc) is 3.02. The highest BCUT2D eigenvalue weighted by Gasteiger charge is 2.33. The largest absolute Gasteiger partial charge is 0.385 e. The van der Waals surface area contributed by atoms with Gasteiger partial charge in [0, 0.05) is 45.5 Å². The van der Waals surface area contributed by atoms with Gasteiger partial charge in [-0.2, -0.15) is 5.26 Å². The Morgan fingerprint density at radius 1 is 1.27 bits per heavy atom. The molecule has 1 aromatic rings. The standard InChI is InChI=1S/C24H32N4O3S2/c1-6-27-21(26-13-15(2)10-16(3)14-26)18(17(4)19(12-25)22(27)29)11-20-23(30)28(24(32)33-20)8-7-9-31-5/h11,15-16H,6-10,13-14H2,1-5H3/b20-11-. The topological polar surface area (TPSA) is 78.6 Å². The van der Waals surface area contributed by atoms with Crippen molar-refractivity contribution < 1.29 is 9.53 Å². The summed E-state index contributed by atoms with van der Waals surface area (Å²) in [4.78, 5) is 30.7. The fraction of sp³-hybridized carbons (Fsp3) is 0.583. The van der Waals surface area contributed by atoms with E-state index in [2.05, 4.69) is 24.8 Å². The summed E-state index contributed by atoms with van der Waals surface area (Å²) in [5, 5.41) is 9.74. The second kappa shape index (κ2) is 10.9. The minimum absolute atomic E-state index is 0.125. The first-order valence-corrected chi connectivity index (χ1v) is 12.6. The summed E-state index contributed by atoms with van der Waals surface area (Å²) >= 11 is 6.74. The van der Waals surface area contributed by atoms with Crippen LogP contribution < -0.4 is 10.5 Å². The highest BCUT2D eigenvalue weighted by atomic mass is 32.2. The molecule has 2 aliphatic rings. The smallest absolute Gasteiger partial charge is 0.270 e. The molecule has 2 fully saturated rings. The van der Waals surface area contributed by atoms with Gasteiger partial charge in [-0.15, -0.1) is 0 Å². The number of rotatable bonds is 7. The lowest BCUT2D eigenvalue weighted by Gasteiger charge is -2.38. The Balaban J connectivity index is 2.15. The van der Waals surface area contributed by atoms with Gasteiger partial charge in [-0.05, 0) is 50.2 Å². The van der Waals surface area contributed by atoms with Crippen LogP contribution in [-0.2, 0) is 16.1 Å². The summed E-state index contributed by atoms with van der Waals surface area (Å²) in [5.41, 5.74) is 1.22. The molecule has 3 rings (SSSR count). The van der Waals surface area contributed by atoms with E-state index in [1.54, 1.807) is 23.5 Å². The Morgan fingerprint density at radius 2 is 1.94 bits per heavy atom. The minimum Gasteiger partial charge on any atom is -0.385 e. The number of aromatic nitrogens is 1. The molecule has 0 bridgehead atoms. The molecule has 2 saturated heterocycles. The molecule has 2 unspecified atom stereocenters. The van der Waals surface area contributed by atoms with Crippen LogP contribution in [0.15, 0.2) is 9.70 Å². The van der Waals surface area contributed by atoms with Gasteiger partial charge >= 0.3 is 0 Å². The second-order valence-electron chi connectivity index (χ2n) is 8.93. The predicted octanol–water partition coefficient (Wildman–Crippen LogP) is 3.77. The normalized spacial score (nSPS) is 22.4. The Kier molecular flexibility index (Phi) is 8.38. The molecule has 3 heterocycles. The monoisotopic (exact) mass is 488 g/mol. The molecule has 1 amide bonds. The van der Waals surface area contributed by atoms with Crippen molar-refractivity contribution >= 4 is 46.1 Å². The summed E-state index contributed by atoms with van der Waals surface area (Å²) in [5.74, 6) is 1.62. The van der Waals surface area contributed by atoms with Gasteiger partial charge in [0.2, 0.25) is 0 Å². The maximum atomic E-state index is 13.2. The van der Waals surface area contributed by atoms with Crippen molar-refractivity contribution in [2.24, 2.45) is 11.8 Å². The second-order valence-corrected chi connectivity index (χ2v) is 10.6. The Bertz CT molecular complexity index is 1060. The van der Waals surface area contributed by atoms with E-state index in [4.69, 9.17) is 17.0 Å². The Hall–Kier alpha value is -2.15. The molecule has 33 heavy (non-hydrogen) atoms. The van der Waals surface area contributed by atoms with E-state index in [0.717, 1.165) is 30.9 Å². The maximum absolute atomic E-state index is 13.2. The van der Waals surface area contributed by atoms with Crippen LogP contribution in [0.5, 0.6) is 0 Å². The summed E-state index contributed by atoms with van der Waals surface area (Å²) in [6, 6.07) is 2.09. The van der Waals surface area contributed by atoms with Crippen LogP contribution in [0.1, 0.15) is 50.3 Å². The third-order valence-electron chi connectivity index (χ3n) is 6.21. The number of hydrogen-bond acceptors (Lipinski definition) is 7. The third kappa shape index (κ3) is 5.18. The van der Waals surface area contributed by atoms with E-state index in [9.17, 15) is 14.9 Å². The number of nitriles is 1. The number of hydrogen-bond donors (Lipinski definition) is 0. The molecule has 0 aromatic carbocycles. The van der Waals surface area contributed by atoms with Gasteiger partial charge in [0.15, 0.2) is 0 Å². The molecule has 0 spiro atoms. The number of methoxy groups -OCH3 is 1. The van der Waals surface area contributed by atoms with Crippen LogP contribution in [0, 0.1) is 30.1 Å². The van der Waals surface area contributed by atoms with Crippen LogP contribution in [0.25, 0.3) is 6.08 Å². The van der Waals surface area contributed by atoms with E-state index in [1.165, 1.54) is 11.8 Å². The molecule has 0 saturated carbocycles. The Morgan fingerprint density at radius 3 is 2.52 bits per heavy atom. The molecule has 9 heteroatoms. The third-order valence-corrected chi connectivity index (χ3v) is 7.59. The number of ether oxygens (including phenoxy) is 1. The summed E-state index contributed by atoms with van der Waals surface area (Å²) in [6.45, 7) is 11.3. The summed E-state index contributed by atoms with van der Waals surface area (Å²) in [7, 11) is 1.63. The van der Waals surface area contributed by atoms with E-state index in [0.29, 0.717) is 52.7 Å². The zero-order valence-corrected chi connectivity index (χ0v) is 21.6. The molecule has 0 N–H and O–H groups in total. The van der Waals surface area contributed by atoms with Gasteiger partial charge in [-0.3, -0.25) is 19.1 Å². The summed E-state index contributed by atoms with van der Waals surface area (Å²) in [6.07, 6.45) is 3.66. The highest BCUT2D eigenvalue weighted by Crippen LogP contribution is 2.37. The zero-order valence-electron chi connectivity index (χ0n) is 20.0. The van der Waals surface area contributed by atoms with Gasteiger partial charge in [-0.1, -0.05) is 37.8 Å². The quantitative estimate of drug-likeness (QED) is 0.328. The van der Waals surface area contributed by atoms with Crippen LogP contribution in [-0.4, -0.2) is 53.0 Å². The van der Waals surface area contributed by atoms with Crippen molar-refractivity contribution in [3.8, 4) is 6.07 Å². The number of nitrogens with zero attached hydrogens (tertiary/aromatic N) is 4. The molecular formula is C24H32N4O3S2. The molecule has 2 atom stereocenters. The van der Waals surface area contributed by atoms with E-state index in [1.807, 2.05) is 13.0 Å². The predicted molar refractivity (Wildman–Crippen MR) is 137 cm³/mol. The maximum Gasteiger partial charge on any atom is 0.270 e. The number of carbonyl (C=O) groups excluding carboxylic acids is 1. The van der Waals surface area contributed by atoms with Crippen molar-refractivity contribution in [3.05, 3.63) is 31.9 Å². The molecule has 2 aliphatic heterocycles. The van der Waals surface area contributed by atoms with Crippen LogP contribution in [0.2, 0.25) is 0 Å². The van der Waals surface area contributed by atoms with Crippen molar-refractivity contribution in [1.29, 1.82) is 5.26 Å². The lowest BCUT2D eigenvalue weighted by Crippen LogP contribution is -2.42. The van der Waals surface area contributed by atoms with Crippen molar-refractivity contribution in [3.63, 3.8) is 0 Å². The van der Waals surface area contributed by atoms with E-state index in [-0.39, 0.29) is 17.0 Å². The highest BCUT2D eigenvalue weighted by molar-refractivity contribution is 8.26. The van der Waals surface area contributed by atoms with Crippen LogP contribution >= 0.6 is 24.0 Å². The lowest BCUT2D eigenvalue weighted by atomic mass is 9.91. The number of thiocarbonyl (C=S) groups is 1. The Labute approximate surface area is 205 Å². The number of pyridine rings is 1. The van der Waals surface area contributed by atoms with Gasteiger partial charge in [0.05, 0.1) is 4.91 Å². The minimum atomic E-state index is -0.275. The number of amides is 1. The van der Waals surface area contributed by atoms with Gasteiger partial charge in [-0.25, -0.2) is 0 Å². The van der Waals surface area contributed by atoms with E-state index >= 15 is 0 Å². The molecular weight excluding hydrogens is 456 g/mol. The van der Waals surface area contributed by atoms with Crippen LogP contribution in [0.4, 0.5) is 5.82 Å². The fourth-order valence-electron chi connectivity index (χ4n) is 4.80. The number of anilines is 1. The first-order chi connectivity index (χ1) is 15.7. The number of carbonyl (C=O) groups is 1. The first-order valence-electron chi connectivity index (χ1n) is 11.4. The average molecular weight is 489 g/mol. The van der Waals surface area contributed by atoms with E-state index < -0.39 is 0 Å². The molecule has 0 aliphatic carbocycles. The molecule has 0 radical (unpaired) electrons. The van der Waals surface area contributed by atoms with Gasteiger partial charge in [0.1, 0.15) is 21.8 Å². The lowest BCUT2D eigenvalue weighted by molar-refractivity contribution is -0.122. The fourth-order valence-corrected chi connectivity index (χ4v) is 6.10. The zero-order chi connectivity index (χ0) is 24.3. The van der Waals surface area contributed by atoms with Crippen LogP contribution in [0.3, 0.4) is 0 Å².